The van der Waals surface area contributed by atoms with Crippen molar-refractivity contribution in [1.82, 2.24) is 5.32 Å². The molecule has 2 N–H and O–H groups in total. The number of para-hydroxylation sites is 1. The Kier molecular flexibility index (Phi) is 6.96. The van der Waals surface area contributed by atoms with E-state index in [0.29, 0.717) is 31.7 Å². The number of fused-ring (bicyclic) bond motifs is 1. The fraction of sp³-hybridized carbons (Fsp3) is 0.381. The van der Waals surface area contributed by atoms with Gasteiger partial charge in [0.25, 0.3) is 0 Å². The van der Waals surface area contributed by atoms with Crippen molar-refractivity contribution in [3.63, 3.8) is 0 Å². The summed E-state index contributed by atoms with van der Waals surface area (Å²) in [5.41, 5.74) is 2.49. The average Bonchev–Trinajstić information content (AvgIpc) is 2.98. The first-order valence-corrected chi connectivity index (χ1v) is 9.82. The third kappa shape index (κ3) is 4.33. The van der Waals surface area contributed by atoms with Crippen molar-refractivity contribution in [1.29, 1.82) is 0 Å². The number of hydrogen-bond acceptors (Lipinski definition) is 6. The van der Waals surface area contributed by atoms with Crippen LogP contribution in [0.15, 0.2) is 47.4 Å². The topological polar surface area (TPSA) is 71.0 Å². The smallest absolute Gasteiger partial charge is 0.216 e. The summed E-state index contributed by atoms with van der Waals surface area (Å²) in [7, 11) is 0. The number of rotatable bonds is 9. The van der Waals surface area contributed by atoms with Crippen LogP contribution in [0.5, 0.6) is 5.75 Å². The molecule has 2 aromatic rings. The quantitative estimate of drug-likeness (QED) is 0.260. The summed E-state index contributed by atoms with van der Waals surface area (Å²) < 4.78 is 11.9. The molecule has 1 aliphatic heterocycles. The number of amides is 1. The number of carbonyl (C=O) groups excluding carboxylic acids is 1. The predicted octanol–water partition coefficient (Wildman–Crippen LogP) is 3.04. The zero-order valence-electron chi connectivity index (χ0n) is 16.0. The van der Waals surface area contributed by atoms with E-state index in [0.717, 1.165) is 21.8 Å². The molecule has 3 atom stereocenters. The minimum absolute atomic E-state index is 0.278. The summed E-state index contributed by atoms with van der Waals surface area (Å²) >= 11 is 4.40. The standard InChI is InChI=1S/C21H26N2O4S/c1-3-19(22-11-12-26-17-9-6-10-18(28)14(17)2)27-20-15-7-4-5-8-16(15)23(13-24)21(20)25/h4-10,13,19-22,25,28H,3,11-12H2,1-2H3. The molecule has 28 heavy (non-hydrogen) atoms. The number of nitrogens with one attached hydrogen (secondary N) is 1. The maximum absolute atomic E-state index is 11.4. The fourth-order valence-corrected chi connectivity index (χ4v) is 3.48. The number of aliphatic hydroxyl groups excluding tert-OH is 1. The lowest BCUT2D eigenvalue weighted by Crippen LogP contribution is -2.40. The van der Waals surface area contributed by atoms with Gasteiger partial charge in [0.15, 0.2) is 6.23 Å². The fourth-order valence-electron chi connectivity index (χ4n) is 3.28. The molecule has 150 valence electrons. The molecule has 2 aromatic carbocycles. The van der Waals surface area contributed by atoms with Crippen LogP contribution in [0.1, 0.15) is 30.6 Å². The van der Waals surface area contributed by atoms with Crippen molar-refractivity contribution < 1.29 is 19.4 Å². The van der Waals surface area contributed by atoms with E-state index >= 15 is 0 Å². The first-order valence-electron chi connectivity index (χ1n) is 9.37. The lowest BCUT2D eigenvalue weighted by Gasteiger charge is -2.26. The van der Waals surface area contributed by atoms with Gasteiger partial charge in [-0.05, 0) is 31.5 Å². The molecule has 0 radical (unpaired) electrons. The maximum atomic E-state index is 11.4. The molecule has 0 bridgehead atoms. The molecular formula is C21H26N2O4S. The van der Waals surface area contributed by atoms with Crippen molar-refractivity contribution in [3.8, 4) is 5.75 Å². The summed E-state index contributed by atoms with van der Waals surface area (Å²) in [6, 6.07) is 13.1. The van der Waals surface area contributed by atoms with E-state index in [1.165, 1.54) is 4.90 Å². The number of benzene rings is 2. The molecule has 0 spiro atoms. The van der Waals surface area contributed by atoms with Crippen molar-refractivity contribution in [2.24, 2.45) is 0 Å². The molecule has 0 saturated carbocycles. The van der Waals surface area contributed by atoms with Gasteiger partial charge in [0, 0.05) is 22.6 Å². The largest absolute Gasteiger partial charge is 0.492 e. The van der Waals surface area contributed by atoms with Crippen LogP contribution >= 0.6 is 12.6 Å². The monoisotopic (exact) mass is 402 g/mol. The lowest BCUT2D eigenvalue weighted by molar-refractivity contribution is -0.114. The van der Waals surface area contributed by atoms with Crippen LogP contribution in [0.25, 0.3) is 0 Å². The molecule has 1 heterocycles. The Labute approximate surface area is 170 Å². The van der Waals surface area contributed by atoms with Gasteiger partial charge in [0.2, 0.25) is 6.41 Å². The number of ether oxygens (including phenoxy) is 2. The lowest BCUT2D eigenvalue weighted by atomic mass is 10.1. The van der Waals surface area contributed by atoms with E-state index in [1.807, 2.05) is 50.2 Å². The van der Waals surface area contributed by atoms with E-state index in [-0.39, 0.29) is 6.23 Å². The Morgan fingerprint density at radius 3 is 2.82 bits per heavy atom. The summed E-state index contributed by atoms with van der Waals surface area (Å²) in [4.78, 5) is 13.5. The third-order valence-electron chi connectivity index (χ3n) is 4.86. The second kappa shape index (κ2) is 9.43. The molecule has 0 fully saturated rings. The molecule has 0 aromatic heterocycles. The molecule has 0 aliphatic carbocycles. The van der Waals surface area contributed by atoms with Gasteiger partial charge < -0.3 is 14.6 Å². The summed E-state index contributed by atoms with van der Waals surface area (Å²) in [5, 5.41) is 13.8. The minimum Gasteiger partial charge on any atom is -0.492 e. The normalized spacial score (nSPS) is 19.4. The number of aliphatic hydroxyl groups is 1. The van der Waals surface area contributed by atoms with E-state index < -0.39 is 12.3 Å². The van der Waals surface area contributed by atoms with Gasteiger partial charge >= 0.3 is 0 Å². The number of hydrogen-bond donors (Lipinski definition) is 3. The SMILES string of the molecule is CCC(NCCOc1cccc(S)c1C)OC1c2ccccc2N(C=O)C1O. The van der Waals surface area contributed by atoms with Gasteiger partial charge in [-0.3, -0.25) is 15.0 Å². The van der Waals surface area contributed by atoms with E-state index in [9.17, 15) is 9.90 Å². The van der Waals surface area contributed by atoms with Gasteiger partial charge in [0.05, 0.1) is 5.69 Å². The zero-order valence-corrected chi connectivity index (χ0v) is 16.9. The molecule has 1 aliphatic rings. The van der Waals surface area contributed by atoms with E-state index in [1.54, 1.807) is 6.07 Å². The van der Waals surface area contributed by atoms with Crippen LogP contribution in [-0.2, 0) is 9.53 Å². The predicted molar refractivity (Wildman–Crippen MR) is 111 cm³/mol. The Morgan fingerprint density at radius 1 is 1.29 bits per heavy atom. The highest BCUT2D eigenvalue weighted by Gasteiger charge is 2.39. The van der Waals surface area contributed by atoms with Crippen molar-refractivity contribution in [3.05, 3.63) is 53.6 Å². The Hall–Kier alpha value is -2.06. The van der Waals surface area contributed by atoms with E-state index in [4.69, 9.17) is 9.47 Å². The van der Waals surface area contributed by atoms with Crippen LogP contribution in [0.2, 0.25) is 0 Å². The Morgan fingerprint density at radius 2 is 2.07 bits per heavy atom. The summed E-state index contributed by atoms with van der Waals surface area (Å²) in [6.45, 7) is 5.03. The highest BCUT2D eigenvalue weighted by Crippen LogP contribution is 2.40. The highest BCUT2D eigenvalue weighted by atomic mass is 32.1. The zero-order chi connectivity index (χ0) is 20.1. The second-order valence-corrected chi connectivity index (χ2v) is 7.12. The minimum atomic E-state index is -1.04. The van der Waals surface area contributed by atoms with Crippen LogP contribution in [0, 0.1) is 6.92 Å². The summed E-state index contributed by atoms with van der Waals surface area (Å²) in [6.07, 6.45) is -0.573. The Bertz CT molecular complexity index is 817. The van der Waals surface area contributed by atoms with Crippen LogP contribution in [0.4, 0.5) is 5.69 Å². The van der Waals surface area contributed by atoms with Gasteiger partial charge in [-0.25, -0.2) is 0 Å². The first-order chi connectivity index (χ1) is 13.6. The molecule has 0 saturated heterocycles. The number of nitrogens with zero attached hydrogens (tertiary/aromatic N) is 1. The van der Waals surface area contributed by atoms with Gasteiger partial charge in [-0.15, -0.1) is 12.6 Å². The van der Waals surface area contributed by atoms with Gasteiger partial charge in [-0.2, -0.15) is 0 Å². The van der Waals surface area contributed by atoms with Gasteiger partial charge in [-0.1, -0.05) is 31.2 Å². The van der Waals surface area contributed by atoms with Crippen LogP contribution in [-0.4, -0.2) is 37.1 Å². The average molecular weight is 403 g/mol. The highest BCUT2D eigenvalue weighted by molar-refractivity contribution is 7.80. The van der Waals surface area contributed by atoms with Crippen molar-refractivity contribution >= 4 is 24.7 Å². The van der Waals surface area contributed by atoms with Gasteiger partial charge in [0.1, 0.15) is 24.7 Å². The van der Waals surface area contributed by atoms with Crippen LogP contribution in [0.3, 0.4) is 0 Å². The Balaban J connectivity index is 1.56. The summed E-state index contributed by atoms with van der Waals surface area (Å²) in [5.74, 6) is 0.810. The van der Waals surface area contributed by atoms with Crippen molar-refractivity contribution in [2.75, 3.05) is 18.1 Å². The maximum Gasteiger partial charge on any atom is 0.216 e. The second-order valence-electron chi connectivity index (χ2n) is 6.64. The van der Waals surface area contributed by atoms with E-state index in [2.05, 4.69) is 17.9 Å². The molecule has 3 rings (SSSR count). The van der Waals surface area contributed by atoms with Crippen LogP contribution < -0.4 is 15.0 Å². The molecule has 7 heteroatoms. The number of anilines is 1. The number of carbonyl (C=O) groups is 1. The molecule has 1 amide bonds. The molecule has 6 nitrogen and oxygen atoms in total. The molecule has 3 unspecified atom stereocenters. The molecular weight excluding hydrogens is 376 g/mol. The number of thiol groups is 1. The first kappa shape index (κ1) is 20.7. The van der Waals surface area contributed by atoms with Crippen molar-refractivity contribution in [2.45, 2.75) is 43.7 Å². The third-order valence-corrected chi connectivity index (χ3v) is 5.34.